The molecule has 0 saturated heterocycles. The van der Waals surface area contributed by atoms with Crippen molar-refractivity contribution in [3.63, 3.8) is 0 Å². The van der Waals surface area contributed by atoms with E-state index in [4.69, 9.17) is 14.2 Å². The SMILES string of the molecule is CCOC(=O)c1c(C)n(CC)c2ccc(OC(=O)COc3ccc(Br)cc3)cc12. The number of aryl methyl sites for hydroxylation is 1. The van der Waals surface area contributed by atoms with Gasteiger partial charge in [-0.05, 0) is 63.2 Å². The molecule has 0 radical (unpaired) electrons. The molecule has 0 aliphatic rings. The Morgan fingerprint density at radius 2 is 1.72 bits per heavy atom. The second-order valence-electron chi connectivity index (χ2n) is 6.32. The van der Waals surface area contributed by atoms with Crippen LogP contribution in [0, 0.1) is 6.92 Å². The molecule has 0 spiro atoms. The van der Waals surface area contributed by atoms with Crippen LogP contribution in [-0.2, 0) is 16.1 Å². The van der Waals surface area contributed by atoms with Crippen molar-refractivity contribution in [2.24, 2.45) is 0 Å². The lowest BCUT2D eigenvalue weighted by Gasteiger charge is -2.08. The largest absolute Gasteiger partial charge is 0.482 e. The van der Waals surface area contributed by atoms with Crippen molar-refractivity contribution in [1.29, 1.82) is 0 Å². The molecule has 0 amide bonds. The number of hydrogen-bond acceptors (Lipinski definition) is 5. The zero-order valence-corrected chi connectivity index (χ0v) is 18.1. The Balaban J connectivity index is 1.81. The summed E-state index contributed by atoms with van der Waals surface area (Å²) >= 11 is 3.35. The fourth-order valence-electron chi connectivity index (χ4n) is 3.23. The van der Waals surface area contributed by atoms with Crippen LogP contribution in [0.2, 0.25) is 0 Å². The summed E-state index contributed by atoms with van der Waals surface area (Å²) in [5.41, 5.74) is 2.20. The van der Waals surface area contributed by atoms with E-state index in [2.05, 4.69) is 15.9 Å². The van der Waals surface area contributed by atoms with E-state index in [1.807, 2.05) is 36.6 Å². The summed E-state index contributed by atoms with van der Waals surface area (Å²) in [5, 5.41) is 0.696. The minimum Gasteiger partial charge on any atom is -0.482 e. The van der Waals surface area contributed by atoms with Gasteiger partial charge in [0.05, 0.1) is 12.2 Å². The summed E-state index contributed by atoms with van der Waals surface area (Å²) in [5.74, 6) is 0.00222. The van der Waals surface area contributed by atoms with Gasteiger partial charge in [-0.25, -0.2) is 9.59 Å². The first kappa shape index (κ1) is 20.9. The molecule has 1 heterocycles. The monoisotopic (exact) mass is 459 g/mol. The van der Waals surface area contributed by atoms with Crippen molar-refractivity contribution in [3.8, 4) is 11.5 Å². The molecule has 1 aromatic heterocycles. The van der Waals surface area contributed by atoms with E-state index in [0.29, 0.717) is 35.6 Å². The molecule has 29 heavy (non-hydrogen) atoms. The van der Waals surface area contributed by atoms with Gasteiger partial charge in [0.25, 0.3) is 0 Å². The van der Waals surface area contributed by atoms with Gasteiger partial charge in [-0.3, -0.25) is 0 Å². The third-order valence-corrected chi connectivity index (χ3v) is 5.02. The van der Waals surface area contributed by atoms with E-state index in [1.165, 1.54) is 0 Å². The van der Waals surface area contributed by atoms with Gasteiger partial charge in [0.15, 0.2) is 6.61 Å². The smallest absolute Gasteiger partial charge is 0.349 e. The van der Waals surface area contributed by atoms with Crippen LogP contribution in [-0.4, -0.2) is 29.7 Å². The number of rotatable bonds is 7. The Bertz CT molecular complexity index is 1040. The van der Waals surface area contributed by atoms with Crippen molar-refractivity contribution >= 4 is 38.8 Å². The first-order chi connectivity index (χ1) is 13.9. The van der Waals surface area contributed by atoms with E-state index in [0.717, 1.165) is 15.7 Å². The predicted molar refractivity (Wildman–Crippen MR) is 114 cm³/mol. The molecule has 0 saturated carbocycles. The summed E-state index contributed by atoms with van der Waals surface area (Å²) < 4.78 is 19.0. The summed E-state index contributed by atoms with van der Waals surface area (Å²) in [6.45, 7) is 6.44. The van der Waals surface area contributed by atoms with Gasteiger partial charge in [0.2, 0.25) is 0 Å². The van der Waals surface area contributed by atoms with E-state index in [-0.39, 0.29) is 12.6 Å². The molecule has 3 rings (SSSR count). The highest BCUT2D eigenvalue weighted by Gasteiger charge is 2.21. The molecule has 152 valence electrons. The molecule has 2 aromatic carbocycles. The van der Waals surface area contributed by atoms with Gasteiger partial charge >= 0.3 is 11.9 Å². The summed E-state index contributed by atoms with van der Waals surface area (Å²) in [7, 11) is 0. The lowest BCUT2D eigenvalue weighted by molar-refractivity contribution is -0.136. The number of esters is 2. The van der Waals surface area contributed by atoms with Gasteiger partial charge in [0, 0.05) is 27.6 Å². The number of benzene rings is 2. The van der Waals surface area contributed by atoms with Crippen molar-refractivity contribution in [2.45, 2.75) is 27.3 Å². The Kier molecular flexibility index (Phi) is 6.59. The molecule has 0 atom stereocenters. The van der Waals surface area contributed by atoms with Gasteiger partial charge in [0.1, 0.15) is 11.5 Å². The normalized spacial score (nSPS) is 10.8. The minimum absolute atomic E-state index is 0.223. The number of fused-ring (bicyclic) bond motifs is 1. The van der Waals surface area contributed by atoms with Crippen LogP contribution in [0.5, 0.6) is 11.5 Å². The van der Waals surface area contributed by atoms with Crippen molar-refractivity contribution in [3.05, 3.63) is 58.2 Å². The maximum atomic E-state index is 12.5. The average Bonchev–Trinajstić information content (AvgIpc) is 2.98. The maximum absolute atomic E-state index is 12.5. The zero-order valence-electron chi connectivity index (χ0n) is 16.5. The number of carbonyl (C=O) groups is 2. The second kappa shape index (κ2) is 9.13. The molecule has 7 heteroatoms. The van der Waals surface area contributed by atoms with Gasteiger partial charge < -0.3 is 18.8 Å². The van der Waals surface area contributed by atoms with Crippen LogP contribution in [0.25, 0.3) is 10.9 Å². The maximum Gasteiger partial charge on any atom is 0.349 e. The first-order valence-corrected chi connectivity index (χ1v) is 10.1. The molecule has 0 aliphatic heterocycles. The highest BCUT2D eigenvalue weighted by atomic mass is 79.9. The second-order valence-corrected chi connectivity index (χ2v) is 7.24. The van der Waals surface area contributed by atoms with Crippen LogP contribution in [0.15, 0.2) is 46.9 Å². The van der Waals surface area contributed by atoms with Crippen LogP contribution in [0.4, 0.5) is 0 Å². The summed E-state index contributed by atoms with van der Waals surface area (Å²) in [6, 6.07) is 12.4. The van der Waals surface area contributed by atoms with Crippen LogP contribution in [0.1, 0.15) is 29.9 Å². The molecule has 0 N–H and O–H groups in total. The number of halogens is 1. The lowest BCUT2D eigenvalue weighted by Crippen LogP contribution is -2.17. The number of carbonyl (C=O) groups excluding carboxylic acids is 2. The number of ether oxygens (including phenoxy) is 3. The van der Waals surface area contributed by atoms with E-state index >= 15 is 0 Å². The number of hydrogen-bond donors (Lipinski definition) is 0. The van der Waals surface area contributed by atoms with Crippen LogP contribution < -0.4 is 9.47 Å². The highest BCUT2D eigenvalue weighted by Crippen LogP contribution is 2.30. The third-order valence-electron chi connectivity index (χ3n) is 4.49. The Morgan fingerprint density at radius 1 is 1.03 bits per heavy atom. The van der Waals surface area contributed by atoms with Gasteiger partial charge in [-0.15, -0.1) is 0 Å². The topological polar surface area (TPSA) is 66.8 Å². The van der Waals surface area contributed by atoms with E-state index in [9.17, 15) is 9.59 Å². The summed E-state index contributed by atoms with van der Waals surface area (Å²) in [4.78, 5) is 24.6. The van der Waals surface area contributed by atoms with Crippen LogP contribution >= 0.6 is 15.9 Å². The van der Waals surface area contributed by atoms with Crippen molar-refractivity contribution in [1.82, 2.24) is 4.57 Å². The number of aromatic nitrogens is 1. The lowest BCUT2D eigenvalue weighted by atomic mass is 10.1. The van der Waals surface area contributed by atoms with Crippen molar-refractivity contribution in [2.75, 3.05) is 13.2 Å². The minimum atomic E-state index is -0.531. The third kappa shape index (κ3) is 4.62. The average molecular weight is 460 g/mol. The van der Waals surface area contributed by atoms with Crippen LogP contribution in [0.3, 0.4) is 0 Å². The standard InChI is InChI=1S/C22H22BrNO5/c1-4-24-14(3)21(22(26)27-5-2)18-12-17(10-11-19(18)24)29-20(25)13-28-16-8-6-15(23)7-9-16/h6-12H,4-5,13H2,1-3H3. The fourth-order valence-corrected chi connectivity index (χ4v) is 3.49. The first-order valence-electron chi connectivity index (χ1n) is 9.33. The van der Waals surface area contributed by atoms with Crippen molar-refractivity contribution < 1.29 is 23.8 Å². The molecule has 3 aromatic rings. The quantitative estimate of drug-likeness (QED) is 0.371. The van der Waals surface area contributed by atoms with Gasteiger partial charge in [-0.2, -0.15) is 0 Å². The van der Waals surface area contributed by atoms with Gasteiger partial charge in [-0.1, -0.05) is 15.9 Å². The molecular weight excluding hydrogens is 438 g/mol. The fraction of sp³-hybridized carbons (Fsp3) is 0.273. The Morgan fingerprint density at radius 3 is 2.38 bits per heavy atom. The summed E-state index contributed by atoms with van der Waals surface area (Å²) in [6.07, 6.45) is 0. The molecule has 0 unspecified atom stereocenters. The van der Waals surface area contributed by atoms with E-state index < -0.39 is 5.97 Å². The highest BCUT2D eigenvalue weighted by molar-refractivity contribution is 9.10. The Labute approximate surface area is 177 Å². The zero-order chi connectivity index (χ0) is 21.0. The molecule has 0 fully saturated rings. The molecule has 0 aliphatic carbocycles. The molecular formula is C22H22BrNO5. The molecule has 6 nitrogen and oxygen atoms in total. The Hall–Kier alpha value is -2.80. The predicted octanol–water partition coefficient (Wildman–Crippen LogP) is 4.89. The molecule has 0 bridgehead atoms. The number of nitrogens with zero attached hydrogens (tertiary/aromatic N) is 1. The van der Waals surface area contributed by atoms with E-state index in [1.54, 1.807) is 31.2 Å².